The lowest BCUT2D eigenvalue weighted by Gasteiger charge is -2.32. The molecular formula is C12H15F3N2. The lowest BCUT2D eigenvalue weighted by atomic mass is 9.85. The van der Waals surface area contributed by atoms with E-state index in [1.165, 1.54) is 6.42 Å². The van der Waals surface area contributed by atoms with Crippen LogP contribution in [0.4, 0.5) is 19.0 Å². The van der Waals surface area contributed by atoms with Crippen molar-refractivity contribution in [2.24, 2.45) is 5.92 Å². The molecule has 1 heterocycles. The van der Waals surface area contributed by atoms with Crippen LogP contribution in [0.1, 0.15) is 26.2 Å². The number of hydrogen-bond acceptors (Lipinski definition) is 2. The van der Waals surface area contributed by atoms with E-state index in [4.69, 9.17) is 0 Å². The molecule has 17 heavy (non-hydrogen) atoms. The fourth-order valence-corrected chi connectivity index (χ4v) is 2.01. The first-order valence-electron chi connectivity index (χ1n) is 5.88. The number of nitrogens with zero attached hydrogens (tertiary/aromatic N) is 2. The third-order valence-corrected chi connectivity index (χ3v) is 3.25. The zero-order valence-electron chi connectivity index (χ0n) is 9.72. The summed E-state index contributed by atoms with van der Waals surface area (Å²) in [7, 11) is 0. The van der Waals surface area contributed by atoms with Crippen LogP contribution in [0.25, 0.3) is 0 Å². The highest BCUT2D eigenvalue weighted by molar-refractivity contribution is 5.40. The third kappa shape index (κ3) is 2.53. The Bertz CT molecular complexity index is 405. The Kier molecular flexibility index (Phi) is 3.54. The van der Waals surface area contributed by atoms with Gasteiger partial charge in [0.1, 0.15) is 0 Å². The monoisotopic (exact) mass is 244 g/mol. The second-order valence-electron chi connectivity index (χ2n) is 4.40. The van der Waals surface area contributed by atoms with Crippen LogP contribution in [-0.2, 0) is 0 Å². The van der Waals surface area contributed by atoms with Gasteiger partial charge in [-0.25, -0.2) is 8.78 Å². The van der Waals surface area contributed by atoms with Crippen molar-refractivity contribution in [2.45, 2.75) is 26.2 Å². The highest BCUT2D eigenvalue weighted by atomic mass is 19.2. The zero-order valence-corrected chi connectivity index (χ0v) is 9.72. The lowest BCUT2D eigenvalue weighted by molar-refractivity contribution is 0.316. The van der Waals surface area contributed by atoms with Crippen LogP contribution in [0.5, 0.6) is 0 Å². The molecule has 0 bridgehead atoms. The Labute approximate surface area is 98.5 Å². The molecule has 2 rings (SSSR count). The predicted molar refractivity (Wildman–Crippen MR) is 59.3 cm³/mol. The van der Waals surface area contributed by atoms with Crippen molar-refractivity contribution in [1.82, 2.24) is 4.98 Å². The maximum absolute atomic E-state index is 13.5. The topological polar surface area (TPSA) is 16.1 Å². The summed E-state index contributed by atoms with van der Waals surface area (Å²) in [6, 6.07) is 0.557. The van der Waals surface area contributed by atoms with Gasteiger partial charge in [-0.15, -0.1) is 0 Å². The minimum absolute atomic E-state index is 0.0849. The molecule has 1 aliphatic carbocycles. The van der Waals surface area contributed by atoms with Crippen LogP contribution >= 0.6 is 0 Å². The summed E-state index contributed by atoms with van der Waals surface area (Å²) in [5.74, 6) is -2.85. The molecule has 94 valence electrons. The minimum Gasteiger partial charge on any atom is -0.354 e. The quantitative estimate of drug-likeness (QED) is 0.756. The summed E-state index contributed by atoms with van der Waals surface area (Å²) >= 11 is 0. The molecule has 0 saturated heterocycles. The van der Waals surface area contributed by atoms with Crippen LogP contribution < -0.4 is 4.90 Å². The summed E-state index contributed by atoms with van der Waals surface area (Å²) in [4.78, 5) is 5.03. The molecule has 0 N–H and O–H groups in total. The van der Waals surface area contributed by atoms with Crippen molar-refractivity contribution in [1.29, 1.82) is 0 Å². The number of anilines is 1. The van der Waals surface area contributed by atoms with Gasteiger partial charge in [-0.3, -0.25) is 0 Å². The molecule has 1 aromatic heterocycles. The largest absolute Gasteiger partial charge is 0.354 e. The zero-order chi connectivity index (χ0) is 12.4. The Hall–Kier alpha value is -1.26. The van der Waals surface area contributed by atoms with E-state index in [0.717, 1.165) is 12.8 Å². The fourth-order valence-electron chi connectivity index (χ4n) is 2.01. The molecule has 1 saturated carbocycles. The normalized spacial score (nSPS) is 15.8. The van der Waals surface area contributed by atoms with E-state index in [-0.39, 0.29) is 5.82 Å². The molecule has 5 heteroatoms. The molecule has 0 aromatic carbocycles. The number of hydrogen-bond donors (Lipinski definition) is 0. The predicted octanol–water partition coefficient (Wildman–Crippen LogP) is 3.13. The first kappa shape index (κ1) is 12.2. The summed E-state index contributed by atoms with van der Waals surface area (Å²) < 4.78 is 39.3. The van der Waals surface area contributed by atoms with Gasteiger partial charge >= 0.3 is 0 Å². The van der Waals surface area contributed by atoms with E-state index in [0.29, 0.717) is 25.1 Å². The first-order chi connectivity index (χ1) is 8.11. The van der Waals surface area contributed by atoms with Gasteiger partial charge in [0.15, 0.2) is 17.5 Å². The van der Waals surface area contributed by atoms with Crippen molar-refractivity contribution >= 4 is 5.82 Å². The fraction of sp³-hybridized carbons (Fsp3) is 0.583. The van der Waals surface area contributed by atoms with Crippen molar-refractivity contribution in [3.8, 4) is 0 Å². The number of halogens is 3. The summed E-state index contributed by atoms with van der Waals surface area (Å²) in [5.41, 5.74) is 0. The van der Waals surface area contributed by atoms with E-state index in [1.54, 1.807) is 4.90 Å². The van der Waals surface area contributed by atoms with Crippen LogP contribution in [-0.4, -0.2) is 18.1 Å². The molecule has 0 unspecified atom stereocenters. The maximum atomic E-state index is 13.5. The average Bonchev–Trinajstić information content (AvgIpc) is 2.23. The number of aromatic nitrogens is 1. The van der Waals surface area contributed by atoms with Crippen molar-refractivity contribution < 1.29 is 13.2 Å². The third-order valence-electron chi connectivity index (χ3n) is 3.25. The van der Waals surface area contributed by atoms with E-state index >= 15 is 0 Å². The molecule has 1 aromatic rings. The molecule has 0 spiro atoms. The van der Waals surface area contributed by atoms with Crippen LogP contribution in [0, 0.1) is 23.5 Å². The highest BCUT2D eigenvalue weighted by Gasteiger charge is 2.23. The number of pyridine rings is 1. The van der Waals surface area contributed by atoms with Crippen molar-refractivity contribution in [3.63, 3.8) is 0 Å². The van der Waals surface area contributed by atoms with E-state index in [1.807, 2.05) is 6.92 Å². The standard InChI is InChI=1S/C12H15F3N2/c1-2-17(7-8-4-3-5-8)12-10(14)6-9(13)11(15)16-12/h6,8H,2-5,7H2,1H3. The van der Waals surface area contributed by atoms with Crippen molar-refractivity contribution in [3.05, 3.63) is 23.6 Å². The summed E-state index contributed by atoms with van der Waals surface area (Å²) in [5, 5.41) is 0. The van der Waals surface area contributed by atoms with Gasteiger partial charge in [0.05, 0.1) is 0 Å². The van der Waals surface area contributed by atoms with Crippen LogP contribution in [0.3, 0.4) is 0 Å². The first-order valence-corrected chi connectivity index (χ1v) is 5.88. The Morgan fingerprint density at radius 1 is 1.29 bits per heavy atom. The molecule has 0 amide bonds. The molecular weight excluding hydrogens is 229 g/mol. The Morgan fingerprint density at radius 2 is 2.00 bits per heavy atom. The Morgan fingerprint density at radius 3 is 2.53 bits per heavy atom. The van der Waals surface area contributed by atoms with Gasteiger partial charge in [0, 0.05) is 19.2 Å². The second kappa shape index (κ2) is 4.94. The summed E-state index contributed by atoms with van der Waals surface area (Å²) in [6.45, 7) is 3.04. The summed E-state index contributed by atoms with van der Waals surface area (Å²) in [6.07, 6.45) is 3.42. The lowest BCUT2D eigenvalue weighted by Crippen LogP contribution is -2.33. The minimum atomic E-state index is -1.24. The SMILES string of the molecule is CCN(CC1CCC1)c1nc(F)c(F)cc1F. The maximum Gasteiger partial charge on any atom is 0.251 e. The van der Waals surface area contributed by atoms with Gasteiger partial charge in [0.2, 0.25) is 0 Å². The van der Waals surface area contributed by atoms with Crippen molar-refractivity contribution in [2.75, 3.05) is 18.0 Å². The van der Waals surface area contributed by atoms with Crippen LogP contribution in [0.15, 0.2) is 6.07 Å². The average molecular weight is 244 g/mol. The van der Waals surface area contributed by atoms with Gasteiger partial charge in [-0.2, -0.15) is 9.37 Å². The number of rotatable bonds is 4. The van der Waals surface area contributed by atoms with Gasteiger partial charge < -0.3 is 4.90 Å². The van der Waals surface area contributed by atoms with E-state index < -0.39 is 17.6 Å². The molecule has 0 radical (unpaired) electrons. The second-order valence-corrected chi connectivity index (χ2v) is 4.40. The van der Waals surface area contributed by atoms with E-state index in [2.05, 4.69) is 4.98 Å². The molecule has 1 aliphatic rings. The Balaban J connectivity index is 2.19. The van der Waals surface area contributed by atoms with Gasteiger partial charge in [-0.05, 0) is 25.7 Å². The molecule has 1 fully saturated rings. The highest BCUT2D eigenvalue weighted by Crippen LogP contribution is 2.29. The smallest absolute Gasteiger partial charge is 0.251 e. The molecule has 0 atom stereocenters. The van der Waals surface area contributed by atoms with Gasteiger partial charge in [0.25, 0.3) is 5.95 Å². The van der Waals surface area contributed by atoms with E-state index in [9.17, 15) is 13.2 Å². The molecule has 0 aliphatic heterocycles. The van der Waals surface area contributed by atoms with Gasteiger partial charge in [-0.1, -0.05) is 6.42 Å². The molecule has 2 nitrogen and oxygen atoms in total. The van der Waals surface area contributed by atoms with Crippen LogP contribution in [0.2, 0.25) is 0 Å².